The summed E-state index contributed by atoms with van der Waals surface area (Å²) in [5.41, 5.74) is 4.04. The van der Waals surface area contributed by atoms with Crippen molar-refractivity contribution in [3.63, 3.8) is 0 Å². The molecule has 1 amide bonds. The largest absolute Gasteiger partial charge is 0.494 e. The van der Waals surface area contributed by atoms with Crippen LogP contribution in [0.2, 0.25) is 0 Å². The summed E-state index contributed by atoms with van der Waals surface area (Å²) in [6.07, 6.45) is 6.44. The van der Waals surface area contributed by atoms with E-state index in [4.69, 9.17) is 9.72 Å². The number of amides is 1. The highest BCUT2D eigenvalue weighted by atomic mass is 16.5. The molecule has 1 fully saturated rings. The molecule has 6 nitrogen and oxygen atoms in total. The summed E-state index contributed by atoms with van der Waals surface area (Å²) in [6, 6.07) is 16.0. The first kappa shape index (κ1) is 21.8. The maximum Gasteiger partial charge on any atom is 0.254 e. The number of anilines is 1. The van der Waals surface area contributed by atoms with E-state index in [0.717, 1.165) is 48.4 Å². The third-order valence-corrected chi connectivity index (χ3v) is 5.90. The predicted molar refractivity (Wildman–Crippen MR) is 126 cm³/mol. The molecular formula is C26H30N4O2. The Morgan fingerprint density at radius 2 is 2.06 bits per heavy atom. The summed E-state index contributed by atoms with van der Waals surface area (Å²) < 4.78 is 5.75. The molecule has 3 aromatic rings. The Morgan fingerprint density at radius 1 is 1.19 bits per heavy atom. The van der Waals surface area contributed by atoms with Crippen molar-refractivity contribution in [3.05, 3.63) is 83.3 Å². The van der Waals surface area contributed by atoms with Gasteiger partial charge in [0.15, 0.2) is 0 Å². The van der Waals surface area contributed by atoms with E-state index < -0.39 is 0 Å². The van der Waals surface area contributed by atoms with Gasteiger partial charge in [0, 0.05) is 56.1 Å². The highest BCUT2D eigenvalue weighted by molar-refractivity contribution is 5.95. The summed E-state index contributed by atoms with van der Waals surface area (Å²) in [4.78, 5) is 23.9. The molecule has 1 atom stereocenters. The molecule has 0 bridgehead atoms. The number of ether oxygens (including phenoxy) is 1. The molecule has 3 heterocycles. The smallest absolute Gasteiger partial charge is 0.254 e. The lowest BCUT2D eigenvalue weighted by Crippen LogP contribution is -2.39. The van der Waals surface area contributed by atoms with Gasteiger partial charge >= 0.3 is 0 Å². The Morgan fingerprint density at radius 3 is 2.84 bits per heavy atom. The number of likely N-dealkylation sites (tertiary alicyclic amines) is 1. The number of hydrogen-bond acceptors (Lipinski definition) is 5. The number of piperidine rings is 1. The minimum absolute atomic E-state index is 0.0535. The molecule has 6 heteroatoms. The number of nitrogens with one attached hydrogen (secondary N) is 1. The van der Waals surface area contributed by atoms with Crippen LogP contribution < -0.4 is 10.1 Å². The lowest BCUT2D eigenvalue weighted by Gasteiger charge is -2.32. The number of carbonyl (C=O) groups is 1. The Hall–Kier alpha value is -3.41. The van der Waals surface area contributed by atoms with Gasteiger partial charge in [0.1, 0.15) is 11.6 Å². The van der Waals surface area contributed by atoms with E-state index in [9.17, 15) is 4.79 Å². The van der Waals surface area contributed by atoms with Crippen molar-refractivity contribution in [2.24, 2.45) is 0 Å². The summed E-state index contributed by atoms with van der Waals surface area (Å²) >= 11 is 0. The molecule has 0 unspecified atom stereocenters. The summed E-state index contributed by atoms with van der Waals surface area (Å²) in [5, 5.41) is 2.99. The maximum atomic E-state index is 13.0. The normalized spacial score (nSPS) is 15.9. The Labute approximate surface area is 189 Å². The number of rotatable bonds is 7. The fourth-order valence-corrected chi connectivity index (χ4v) is 4.23. The van der Waals surface area contributed by atoms with Gasteiger partial charge in [-0.1, -0.05) is 24.3 Å². The van der Waals surface area contributed by atoms with Crippen LogP contribution in [0.15, 0.2) is 60.9 Å². The van der Waals surface area contributed by atoms with E-state index in [1.165, 1.54) is 0 Å². The van der Waals surface area contributed by atoms with Gasteiger partial charge in [-0.2, -0.15) is 0 Å². The van der Waals surface area contributed by atoms with E-state index in [1.54, 1.807) is 25.4 Å². The van der Waals surface area contributed by atoms with Crippen molar-refractivity contribution in [2.75, 3.05) is 32.1 Å². The zero-order valence-corrected chi connectivity index (χ0v) is 18.8. The molecule has 1 saturated heterocycles. The topological polar surface area (TPSA) is 67.3 Å². The van der Waals surface area contributed by atoms with Crippen LogP contribution in [0.5, 0.6) is 5.75 Å². The quantitative estimate of drug-likeness (QED) is 0.597. The first-order valence-electron chi connectivity index (χ1n) is 11.3. The van der Waals surface area contributed by atoms with Crippen LogP contribution in [0.3, 0.4) is 0 Å². The molecule has 1 aliphatic rings. The fourth-order valence-electron chi connectivity index (χ4n) is 4.23. The van der Waals surface area contributed by atoms with E-state index in [0.29, 0.717) is 24.5 Å². The Bertz CT molecular complexity index is 1050. The molecule has 32 heavy (non-hydrogen) atoms. The maximum absolute atomic E-state index is 13.0. The highest BCUT2D eigenvalue weighted by Gasteiger charge is 2.26. The molecule has 0 radical (unpaired) electrons. The van der Waals surface area contributed by atoms with Gasteiger partial charge < -0.3 is 15.0 Å². The Balaban J connectivity index is 1.43. The number of benzene rings is 1. The number of para-hydroxylation sites is 1. The standard InChI is InChI=1S/C26H30N4O2/c1-3-32-24-9-5-4-7-20(24)15-19-10-11-23(29-17-19)22-8-6-14-30(18-22)26(31)21-12-13-28-25(16-21)27-2/h4-5,7,9-13,16-17,22H,3,6,8,14-15,18H2,1-2H3,(H,27,28)/t22-/m1/s1. The van der Waals surface area contributed by atoms with Gasteiger partial charge in [0.25, 0.3) is 5.91 Å². The zero-order valence-electron chi connectivity index (χ0n) is 18.8. The first-order valence-corrected chi connectivity index (χ1v) is 11.3. The SMILES string of the molecule is CCOc1ccccc1Cc1ccc([C@@H]2CCCN(C(=O)c3ccnc(NC)c3)C2)nc1. The molecule has 0 saturated carbocycles. The third kappa shape index (κ3) is 5.07. The molecule has 0 aliphatic carbocycles. The molecule has 1 N–H and O–H groups in total. The van der Waals surface area contributed by atoms with Gasteiger partial charge in [-0.05, 0) is 55.2 Å². The monoisotopic (exact) mass is 430 g/mol. The lowest BCUT2D eigenvalue weighted by molar-refractivity contribution is 0.0706. The average molecular weight is 431 g/mol. The predicted octanol–water partition coefficient (Wildman–Crippen LogP) is 4.53. The number of hydrogen-bond donors (Lipinski definition) is 1. The van der Waals surface area contributed by atoms with Gasteiger partial charge in [-0.3, -0.25) is 9.78 Å². The van der Waals surface area contributed by atoms with Crippen molar-refractivity contribution >= 4 is 11.7 Å². The van der Waals surface area contributed by atoms with Crippen LogP contribution in [-0.4, -0.2) is 47.5 Å². The molecule has 4 rings (SSSR count). The second kappa shape index (κ2) is 10.3. The lowest BCUT2D eigenvalue weighted by atomic mass is 9.93. The van der Waals surface area contributed by atoms with Crippen molar-refractivity contribution in [1.82, 2.24) is 14.9 Å². The Kier molecular flexibility index (Phi) is 7.00. The van der Waals surface area contributed by atoms with Gasteiger partial charge in [-0.25, -0.2) is 4.98 Å². The fraction of sp³-hybridized carbons (Fsp3) is 0.346. The molecule has 2 aromatic heterocycles. The number of carbonyl (C=O) groups excluding carboxylic acids is 1. The second-order valence-electron chi connectivity index (χ2n) is 8.08. The van der Waals surface area contributed by atoms with Gasteiger partial charge in [0.2, 0.25) is 0 Å². The average Bonchev–Trinajstić information content (AvgIpc) is 2.85. The summed E-state index contributed by atoms with van der Waals surface area (Å²) in [6.45, 7) is 4.12. The van der Waals surface area contributed by atoms with Gasteiger partial charge in [-0.15, -0.1) is 0 Å². The third-order valence-electron chi connectivity index (χ3n) is 5.90. The van der Waals surface area contributed by atoms with Crippen molar-refractivity contribution in [3.8, 4) is 5.75 Å². The summed E-state index contributed by atoms with van der Waals surface area (Å²) in [5.74, 6) is 1.94. The number of nitrogens with zero attached hydrogens (tertiary/aromatic N) is 3. The van der Waals surface area contributed by atoms with Crippen LogP contribution in [0.4, 0.5) is 5.82 Å². The van der Waals surface area contributed by atoms with Crippen LogP contribution in [0.25, 0.3) is 0 Å². The highest BCUT2D eigenvalue weighted by Crippen LogP contribution is 2.28. The zero-order chi connectivity index (χ0) is 22.3. The van der Waals surface area contributed by atoms with Gasteiger partial charge in [0.05, 0.1) is 6.61 Å². The van der Waals surface area contributed by atoms with Crippen LogP contribution in [0, 0.1) is 0 Å². The van der Waals surface area contributed by atoms with Crippen LogP contribution in [-0.2, 0) is 6.42 Å². The molecule has 1 aromatic carbocycles. The molecule has 0 spiro atoms. The van der Waals surface area contributed by atoms with Crippen LogP contribution >= 0.6 is 0 Å². The van der Waals surface area contributed by atoms with E-state index in [-0.39, 0.29) is 11.8 Å². The second-order valence-corrected chi connectivity index (χ2v) is 8.08. The first-order chi connectivity index (χ1) is 15.7. The number of aromatic nitrogens is 2. The molecule has 1 aliphatic heterocycles. The molecule has 166 valence electrons. The number of pyridine rings is 2. The van der Waals surface area contributed by atoms with Crippen LogP contribution in [0.1, 0.15) is 52.9 Å². The van der Waals surface area contributed by atoms with E-state index in [2.05, 4.69) is 28.5 Å². The van der Waals surface area contributed by atoms with E-state index >= 15 is 0 Å². The minimum Gasteiger partial charge on any atom is -0.494 e. The summed E-state index contributed by atoms with van der Waals surface area (Å²) in [7, 11) is 1.80. The van der Waals surface area contributed by atoms with Crippen molar-refractivity contribution < 1.29 is 9.53 Å². The molecular weight excluding hydrogens is 400 g/mol. The van der Waals surface area contributed by atoms with Crippen molar-refractivity contribution in [1.29, 1.82) is 0 Å². The minimum atomic E-state index is 0.0535. The van der Waals surface area contributed by atoms with Crippen molar-refractivity contribution in [2.45, 2.75) is 32.1 Å². The van der Waals surface area contributed by atoms with E-state index in [1.807, 2.05) is 36.2 Å².